The molecule has 7 heteroatoms. The van der Waals surface area contributed by atoms with Gasteiger partial charge >= 0.3 is 0 Å². The molecule has 2 atom stereocenters. The molecule has 0 N–H and O–H groups in total. The second-order valence-electron chi connectivity index (χ2n) is 4.48. The van der Waals surface area contributed by atoms with Crippen LogP contribution in [0.25, 0.3) is 10.7 Å². The summed E-state index contributed by atoms with van der Waals surface area (Å²) in [6.07, 6.45) is 6.07. The van der Waals surface area contributed by atoms with Gasteiger partial charge in [-0.3, -0.25) is 14.6 Å². The molecule has 1 radical (unpaired) electrons. The van der Waals surface area contributed by atoms with Crippen LogP contribution in [-0.4, -0.2) is 38.2 Å². The maximum atomic E-state index is 4.38. The molecular weight excluding hydrogens is 426 g/mol. The van der Waals surface area contributed by atoms with Crippen molar-refractivity contribution in [1.82, 2.24) is 24.6 Å². The molecule has 1 fully saturated rings. The molecule has 3 rings (SSSR count). The Morgan fingerprint density at radius 3 is 2.94 bits per heavy atom. The van der Waals surface area contributed by atoms with Crippen LogP contribution in [0.4, 0.5) is 0 Å². The van der Waals surface area contributed by atoms with Crippen molar-refractivity contribution in [3.05, 3.63) is 18.0 Å². The topological polar surface area (TPSA) is 46.8 Å². The molecule has 1 saturated heterocycles. The fourth-order valence-corrected chi connectivity index (χ4v) is 3.02. The molecular formula is C11H14IrN5S-. The third-order valence-electron chi connectivity index (χ3n) is 3.31. The van der Waals surface area contributed by atoms with Crippen LogP contribution in [0, 0.1) is 12.1 Å². The second-order valence-corrected chi connectivity index (χ2v) is 5.34. The summed E-state index contributed by atoms with van der Waals surface area (Å²) in [4.78, 5) is 11.6. The van der Waals surface area contributed by atoms with Gasteiger partial charge in [-0.15, -0.1) is 0 Å². The third-order valence-corrected chi connectivity index (χ3v) is 4.03. The average Bonchev–Trinajstić information content (AvgIpc) is 2.98. The van der Waals surface area contributed by atoms with Gasteiger partial charge in [0, 0.05) is 26.7 Å². The van der Waals surface area contributed by atoms with Gasteiger partial charge in [0.15, 0.2) is 0 Å². The summed E-state index contributed by atoms with van der Waals surface area (Å²) >= 11 is 1.55. The van der Waals surface area contributed by atoms with E-state index in [0.29, 0.717) is 12.1 Å². The van der Waals surface area contributed by atoms with E-state index in [1.807, 2.05) is 4.68 Å². The first-order valence-electron chi connectivity index (χ1n) is 5.68. The zero-order valence-corrected chi connectivity index (χ0v) is 13.4. The zero-order chi connectivity index (χ0) is 11.8. The first-order chi connectivity index (χ1) is 8.27. The van der Waals surface area contributed by atoms with Gasteiger partial charge in [-0.2, -0.15) is 5.10 Å². The zero-order valence-electron chi connectivity index (χ0n) is 10.2. The number of likely N-dealkylation sites (tertiary alicyclic amines) is 1. The first kappa shape index (κ1) is 13.8. The third kappa shape index (κ3) is 2.28. The molecule has 0 aromatic carbocycles. The first-order valence-corrected chi connectivity index (χ1v) is 6.56. The van der Waals surface area contributed by atoms with Crippen LogP contribution < -0.4 is 0 Å². The largest absolute Gasteiger partial charge is 0.381 e. The molecule has 5 nitrogen and oxygen atoms in total. The molecule has 3 heterocycles. The molecule has 2 unspecified atom stereocenters. The monoisotopic (exact) mass is 441 g/mol. The number of aromatic nitrogens is 4. The molecule has 0 amide bonds. The summed E-state index contributed by atoms with van der Waals surface area (Å²) in [7, 11) is 2.13. The van der Waals surface area contributed by atoms with E-state index in [1.165, 1.54) is 6.42 Å². The van der Waals surface area contributed by atoms with Crippen LogP contribution in [0.1, 0.15) is 19.5 Å². The Balaban J connectivity index is 0.00000120. The Bertz CT molecular complexity index is 487. The minimum absolute atomic E-state index is 0. The molecule has 99 valence electrons. The molecule has 2 aromatic rings. The van der Waals surface area contributed by atoms with Gasteiger partial charge in [0.1, 0.15) is 6.33 Å². The van der Waals surface area contributed by atoms with Crippen molar-refractivity contribution in [3.63, 3.8) is 0 Å². The van der Waals surface area contributed by atoms with E-state index >= 15 is 0 Å². The van der Waals surface area contributed by atoms with Crippen LogP contribution in [0.15, 0.2) is 11.8 Å². The molecule has 0 aliphatic carbocycles. The number of hydrogen-bond acceptors (Lipinski definition) is 5. The quantitative estimate of drug-likeness (QED) is 0.667. The van der Waals surface area contributed by atoms with E-state index in [4.69, 9.17) is 0 Å². The van der Waals surface area contributed by atoms with E-state index in [2.05, 4.69) is 40.1 Å². The summed E-state index contributed by atoms with van der Waals surface area (Å²) in [5, 5.41) is 4.38. The molecule has 2 aromatic heterocycles. The Kier molecular flexibility index (Phi) is 4.27. The van der Waals surface area contributed by atoms with E-state index in [-0.39, 0.29) is 20.1 Å². The van der Waals surface area contributed by atoms with E-state index < -0.39 is 0 Å². The molecule has 0 bridgehead atoms. The maximum Gasteiger partial charge on any atom is 0.123 e. The smallest absolute Gasteiger partial charge is 0.123 e. The number of thiazole rings is 1. The SMILES string of the molecule is CC1CCN(C)C1n1ncnc1-c1[c-]ncs1.[Ir]. The van der Waals surface area contributed by atoms with Crippen molar-refractivity contribution in [2.45, 2.75) is 19.5 Å². The fourth-order valence-electron chi connectivity index (χ4n) is 2.45. The van der Waals surface area contributed by atoms with Crippen LogP contribution >= 0.6 is 11.3 Å². The predicted octanol–water partition coefficient (Wildman–Crippen LogP) is 1.67. The van der Waals surface area contributed by atoms with Crippen molar-refractivity contribution in [1.29, 1.82) is 0 Å². The Morgan fingerprint density at radius 1 is 1.50 bits per heavy atom. The molecule has 1 aliphatic heterocycles. The normalized spacial score (nSPS) is 24.1. The van der Waals surface area contributed by atoms with Crippen LogP contribution in [0.2, 0.25) is 0 Å². The Labute approximate surface area is 124 Å². The molecule has 1 aliphatic rings. The van der Waals surface area contributed by atoms with Gasteiger partial charge in [-0.1, -0.05) is 13.1 Å². The molecule has 0 spiro atoms. The van der Waals surface area contributed by atoms with Crippen LogP contribution in [0.5, 0.6) is 0 Å². The second kappa shape index (κ2) is 5.57. The predicted molar refractivity (Wildman–Crippen MR) is 65.4 cm³/mol. The van der Waals surface area contributed by atoms with Gasteiger partial charge in [-0.25, -0.2) is 11.3 Å². The van der Waals surface area contributed by atoms with Gasteiger partial charge in [0.05, 0.1) is 12.0 Å². The van der Waals surface area contributed by atoms with Gasteiger partial charge < -0.3 is 4.98 Å². The number of rotatable bonds is 2. The summed E-state index contributed by atoms with van der Waals surface area (Å²) in [6, 6.07) is 0. The van der Waals surface area contributed by atoms with Crippen molar-refractivity contribution in [2.24, 2.45) is 5.92 Å². The molecule has 0 saturated carbocycles. The van der Waals surface area contributed by atoms with Crippen molar-refractivity contribution in [2.75, 3.05) is 13.6 Å². The van der Waals surface area contributed by atoms with Crippen molar-refractivity contribution >= 4 is 11.3 Å². The van der Waals surface area contributed by atoms with Gasteiger partial charge in [0.25, 0.3) is 0 Å². The standard InChI is InChI=1S/C11H14N5S.Ir/c1-8-3-4-15(2)11(8)16-10(13-6-14-16)9-5-12-7-17-9;/h6-8,11H,3-4H2,1-2H3;/q-1;. The van der Waals surface area contributed by atoms with Crippen LogP contribution in [-0.2, 0) is 20.1 Å². The average molecular weight is 441 g/mol. The van der Waals surface area contributed by atoms with Crippen molar-refractivity contribution in [3.8, 4) is 10.7 Å². The fraction of sp³-hybridized carbons (Fsp3) is 0.545. The van der Waals surface area contributed by atoms with Crippen LogP contribution in [0.3, 0.4) is 0 Å². The van der Waals surface area contributed by atoms with Gasteiger partial charge in [-0.05, 0) is 29.8 Å². The molecule has 18 heavy (non-hydrogen) atoms. The summed E-state index contributed by atoms with van der Waals surface area (Å²) in [5.41, 5.74) is 1.77. The minimum Gasteiger partial charge on any atom is -0.381 e. The Hall–Kier alpha value is -0.621. The number of nitrogens with zero attached hydrogens (tertiary/aromatic N) is 5. The van der Waals surface area contributed by atoms with E-state index in [1.54, 1.807) is 23.2 Å². The summed E-state index contributed by atoms with van der Waals surface area (Å²) in [5.74, 6) is 1.46. The van der Waals surface area contributed by atoms with E-state index in [0.717, 1.165) is 17.2 Å². The van der Waals surface area contributed by atoms with E-state index in [9.17, 15) is 0 Å². The Morgan fingerprint density at radius 2 is 2.33 bits per heavy atom. The summed E-state index contributed by atoms with van der Waals surface area (Å²) in [6.45, 7) is 3.37. The summed E-state index contributed by atoms with van der Waals surface area (Å²) < 4.78 is 2.00. The van der Waals surface area contributed by atoms with Gasteiger partial charge in [0.2, 0.25) is 0 Å². The minimum atomic E-state index is 0. The number of hydrogen-bond donors (Lipinski definition) is 0. The van der Waals surface area contributed by atoms with Crippen molar-refractivity contribution < 1.29 is 20.1 Å². The maximum absolute atomic E-state index is 4.38.